The van der Waals surface area contributed by atoms with Gasteiger partial charge in [0, 0.05) is 12.2 Å². The van der Waals surface area contributed by atoms with Gasteiger partial charge in [-0.1, -0.05) is 25.5 Å². The van der Waals surface area contributed by atoms with Crippen molar-refractivity contribution in [3.8, 4) is 0 Å². The van der Waals surface area contributed by atoms with E-state index >= 15 is 0 Å². The summed E-state index contributed by atoms with van der Waals surface area (Å²) in [4.78, 5) is 0. The fourth-order valence-corrected chi connectivity index (χ4v) is 1.41. The second kappa shape index (κ2) is 5.66. The van der Waals surface area contributed by atoms with Crippen molar-refractivity contribution in [1.82, 2.24) is 0 Å². The van der Waals surface area contributed by atoms with Crippen LogP contribution in [0.3, 0.4) is 0 Å². The third kappa shape index (κ3) is 3.38. The van der Waals surface area contributed by atoms with Crippen LogP contribution in [0, 0.1) is 12.8 Å². The molecule has 0 amide bonds. The summed E-state index contributed by atoms with van der Waals surface area (Å²) < 4.78 is 0. The van der Waals surface area contributed by atoms with Gasteiger partial charge in [0.1, 0.15) is 0 Å². The fraction of sp³-hybridized carbons (Fsp3) is 0.500. The SMILES string of the molecule is CCC(CN)CNc1cccc(C)c1. The molecule has 2 nitrogen and oxygen atoms in total. The zero-order valence-corrected chi connectivity index (χ0v) is 9.09. The molecule has 0 heterocycles. The Morgan fingerprint density at radius 1 is 1.43 bits per heavy atom. The molecule has 0 radical (unpaired) electrons. The van der Waals surface area contributed by atoms with Crippen molar-refractivity contribution >= 4 is 5.69 Å². The molecule has 1 aromatic rings. The second-order valence-corrected chi connectivity index (χ2v) is 3.76. The highest BCUT2D eigenvalue weighted by molar-refractivity contribution is 5.45. The summed E-state index contributed by atoms with van der Waals surface area (Å²) in [5.41, 5.74) is 8.12. The van der Waals surface area contributed by atoms with Gasteiger partial charge >= 0.3 is 0 Å². The van der Waals surface area contributed by atoms with Crippen LogP contribution in [-0.4, -0.2) is 13.1 Å². The number of aryl methyl sites for hydroxylation is 1. The summed E-state index contributed by atoms with van der Waals surface area (Å²) in [6.45, 7) is 6.01. The van der Waals surface area contributed by atoms with Gasteiger partial charge in [-0.05, 0) is 37.1 Å². The van der Waals surface area contributed by atoms with Crippen molar-refractivity contribution in [2.75, 3.05) is 18.4 Å². The molecule has 1 aromatic carbocycles. The molecule has 2 heteroatoms. The van der Waals surface area contributed by atoms with Crippen LogP contribution in [0.2, 0.25) is 0 Å². The summed E-state index contributed by atoms with van der Waals surface area (Å²) in [5.74, 6) is 0.579. The summed E-state index contributed by atoms with van der Waals surface area (Å²) >= 11 is 0. The minimum atomic E-state index is 0.579. The highest BCUT2D eigenvalue weighted by Gasteiger charge is 2.02. The fourth-order valence-electron chi connectivity index (χ4n) is 1.41. The lowest BCUT2D eigenvalue weighted by Crippen LogP contribution is -2.22. The summed E-state index contributed by atoms with van der Waals surface area (Å²) in [6, 6.07) is 8.42. The molecular formula is C12H20N2. The third-order valence-electron chi connectivity index (χ3n) is 2.52. The van der Waals surface area contributed by atoms with Gasteiger partial charge in [0.2, 0.25) is 0 Å². The quantitative estimate of drug-likeness (QED) is 0.751. The Kier molecular flexibility index (Phi) is 4.47. The summed E-state index contributed by atoms with van der Waals surface area (Å²) in [7, 11) is 0. The maximum atomic E-state index is 5.64. The minimum Gasteiger partial charge on any atom is -0.385 e. The standard InChI is InChI=1S/C12H20N2/c1-3-11(8-13)9-14-12-6-4-5-10(2)7-12/h4-7,11,14H,3,8-9,13H2,1-2H3. The van der Waals surface area contributed by atoms with E-state index in [1.807, 2.05) is 0 Å². The summed E-state index contributed by atoms with van der Waals surface area (Å²) in [6.07, 6.45) is 1.13. The third-order valence-corrected chi connectivity index (χ3v) is 2.52. The van der Waals surface area contributed by atoms with E-state index in [1.54, 1.807) is 0 Å². The van der Waals surface area contributed by atoms with Crippen LogP contribution in [0.1, 0.15) is 18.9 Å². The lowest BCUT2D eigenvalue weighted by atomic mass is 10.1. The average Bonchev–Trinajstić information content (AvgIpc) is 2.19. The molecule has 78 valence electrons. The maximum absolute atomic E-state index is 5.64. The van der Waals surface area contributed by atoms with E-state index in [9.17, 15) is 0 Å². The Labute approximate surface area is 86.5 Å². The van der Waals surface area contributed by atoms with Crippen molar-refractivity contribution in [2.45, 2.75) is 20.3 Å². The number of hydrogen-bond donors (Lipinski definition) is 2. The number of anilines is 1. The molecule has 0 bridgehead atoms. The van der Waals surface area contributed by atoms with Gasteiger partial charge in [0.05, 0.1) is 0 Å². The van der Waals surface area contributed by atoms with Gasteiger partial charge in [0.15, 0.2) is 0 Å². The Morgan fingerprint density at radius 3 is 2.79 bits per heavy atom. The van der Waals surface area contributed by atoms with E-state index in [1.165, 1.54) is 11.3 Å². The van der Waals surface area contributed by atoms with Crippen LogP contribution in [-0.2, 0) is 0 Å². The highest BCUT2D eigenvalue weighted by atomic mass is 14.9. The Balaban J connectivity index is 2.44. The zero-order chi connectivity index (χ0) is 10.4. The Morgan fingerprint density at radius 2 is 2.21 bits per heavy atom. The number of nitrogens with one attached hydrogen (secondary N) is 1. The molecule has 1 unspecified atom stereocenters. The van der Waals surface area contributed by atoms with Crippen LogP contribution in [0.5, 0.6) is 0 Å². The van der Waals surface area contributed by atoms with Crippen molar-refractivity contribution < 1.29 is 0 Å². The molecular weight excluding hydrogens is 172 g/mol. The monoisotopic (exact) mass is 192 g/mol. The lowest BCUT2D eigenvalue weighted by Gasteiger charge is -2.14. The molecule has 1 atom stereocenters. The predicted molar refractivity (Wildman–Crippen MR) is 62.5 cm³/mol. The molecule has 0 aliphatic heterocycles. The van der Waals surface area contributed by atoms with E-state index < -0.39 is 0 Å². The molecule has 0 aromatic heterocycles. The van der Waals surface area contributed by atoms with Crippen molar-refractivity contribution in [1.29, 1.82) is 0 Å². The minimum absolute atomic E-state index is 0.579. The van der Waals surface area contributed by atoms with E-state index in [4.69, 9.17) is 5.73 Å². The van der Waals surface area contributed by atoms with E-state index in [0.717, 1.165) is 19.5 Å². The first-order valence-electron chi connectivity index (χ1n) is 5.27. The predicted octanol–water partition coefficient (Wildman–Crippen LogP) is 2.39. The Bertz CT molecular complexity index is 267. The van der Waals surface area contributed by atoms with Gasteiger partial charge in [-0.3, -0.25) is 0 Å². The van der Waals surface area contributed by atoms with Crippen LogP contribution in [0.4, 0.5) is 5.69 Å². The normalized spacial score (nSPS) is 12.5. The molecule has 3 N–H and O–H groups in total. The van der Waals surface area contributed by atoms with Crippen molar-refractivity contribution in [3.05, 3.63) is 29.8 Å². The Hall–Kier alpha value is -1.02. The highest BCUT2D eigenvalue weighted by Crippen LogP contribution is 2.10. The molecule has 0 fully saturated rings. The van der Waals surface area contributed by atoms with E-state index in [2.05, 4.69) is 43.4 Å². The zero-order valence-electron chi connectivity index (χ0n) is 9.09. The lowest BCUT2D eigenvalue weighted by molar-refractivity contribution is 0.548. The topological polar surface area (TPSA) is 38.0 Å². The maximum Gasteiger partial charge on any atom is 0.0342 e. The molecule has 1 rings (SSSR count). The average molecular weight is 192 g/mol. The van der Waals surface area contributed by atoms with Gasteiger partial charge in [0.25, 0.3) is 0 Å². The van der Waals surface area contributed by atoms with Gasteiger partial charge in [-0.2, -0.15) is 0 Å². The van der Waals surface area contributed by atoms with Crippen LogP contribution in [0.15, 0.2) is 24.3 Å². The largest absolute Gasteiger partial charge is 0.385 e. The van der Waals surface area contributed by atoms with Crippen molar-refractivity contribution in [2.24, 2.45) is 11.7 Å². The van der Waals surface area contributed by atoms with Gasteiger partial charge in [-0.25, -0.2) is 0 Å². The number of nitrogens with two attached hydrogens (primary N) is 1. The van der Waals surface area contributed by atoms with Gasteiger partial charge in [-0.15, -0.1) is 0 Å². The number of benzene rings is 1. The molecule has 0 spiro atoms. The van der Waals surface area contributed by atoms with E-state index in [-0.39, 0.29) is 0 Å². The van der Waals surface area contributed by atoms with Crippen LogP contribution in [0.25, 0.3) is 0 Å². The summed E-state index contributed by atoms with van der Waals surface area (Å²) in [5, 5.41) is 3.41. The molecule has 14 heavy (non-hydrogen) atoms. The molecule has 0 aliphatic carbocycles. The van der Waals surface area contributed by atoms with Gasteiger partial charge < -0.3 is 11.1 Å². The first-order valence-corrected chi connectivity index (χ1v) is 5.27. The van der Waals surface area contributed by atoms with Crippen LogP contribution < -0.4 is 11.1 Å². The molecule has 0 aliphatic rings. The smallest absolute Gasteiger partial charge is 0.0342 e. The van der Waals surface area contributed by atoms with Crippen molar-refractivity contribution in [3.63, 3.8) is 0 Å². The first-order chi connectivity index (χ1) is 6.76. The molecule has 0 saturated heterocycles. The first kappa shape index (κ1) is 11.1. The molecule has 0 saturated carbocycles. The number of rotatable bonds is 5. The second-order valence-electron chi connectivity index (χ2n) is 3.76. The number of hydrogen-bond acceptors (Lipinski definition) is 2. The van der Waals surface area contributed by atoms with Crippen LogP contribution >= 0.6 is 0 Å². The van der Waals surface area contributed by atoms with E-state index in [0.29, 0.717) is 5.92 Å².